The normalized spacial score (nSPS) is 14.5. The van der Waals surface area contributed by atoms with E-state index in [0.717, 1.165) is 5.56 Å². The predicted octanol–water partition coefficient (Wildman–Crippen LogP) is 3.30. The van der Waals surface area contributed by atoms with Gasteiger partial charge in [0.1, 0.15) is 6.61 Å². The van der Waals surface area contributed by atoms with Gasteiger partial charge in [0.25, 0.3) is 0 Å². The first-order chi connectivity index (χ1) is 9.78. The van der Waals surface area contributed by atoms with Gasteiger partial charge in [0.2, 0.25) is 0 Å². The van der Waals surface area contributed by atoms with Crippen molar-refractivity contribution in [2.75, 3.05) is 6.54 Å². The number of hydrogen-bond donors (Lipinski definition) is 1. The molecular formula is C15H20F3NO2. The van der Waals surface area contributed by atoms with Crippen molar-refractivity contribution in [2.45, 2.75) is 39.1 Å². The van der Waals surface area contributed by atoms with Crippen molar-refractivity contribution in [1.29, 1.82) is 0 Å². The van der Waals surface area contributed by atoms with Gasteiger partial charge in [-0.05, 0) is 12.5 Å². The first-order valence-electron chi connectivity index (χ1n) is 6.78. The van der Waals surface area contributed by atoms with Crippen LogP contribution in [0.5, 0.6) is 0 Å². The summed E-state index contributed by atoms with van der Waals surface area (Å²) in [6, 6.07) is 8.48. The Bertz CT molecular complexity index is 434. The average molecular weight is 303 g/mol. The quantitative estimate of drug-likeness (QED) is 0.786. The van der Waals surface area contributed by atoms with Crippen LogP contribution in [0.2, 0.25) is 0 Å². The third kappa shape index (κ3) is 7.70. The van der Waals surface area contributed by atoms with Crippen LogP contribution in [0.25, 0.3) is 0 Å². The van der Waals surface area contributed by atoms with Crippen LogP contribution in [0.4, 0.5) is 13.2 Å². The molecule has 0 aliphatic heterocycles. The maximum atomic E-state index is 12.2. The molecule has 1 N–H and O–H groups in total. The topological polar surface area (TPSA) is 38.3 Å². The zero-order chi connectivity index (χ0) is 15.9. The summed E-state index contributed by atoms with van der Waals surface area (Å²) in [5.74, 6) is -0.921. The van der Waals surface area contributed by atoms with E-state index in [4.69, 9.17) is 4.74 Å². The molecule has 21 heavy (non-hydrogen) atoms. The molecule has 2 unspecified atom stereocenters. The Morgan fingerprint density at radius 3 is 2.43 bits per heavy atom. The molecule has 0 spiro atoms. The highest BCUT2D eigenvalue weighted by Crippen LogP contribution is 2.21. The highest BCUT2D eigenvalue weighted by molar-refractivity contribution is 5.72. The summed E-state index contributed by atoms with van der Waals surface area (Å²) in [5.41, 5.74) is 0.872. The molecule has 0 fully saturated rings. The zero-order valence-electron chi connectivity index (χ0n) is 12.1. The Hall–Kier alpha value is -1.56. The molecule has 0 aliphatic rings. The van der Waals surface area contributed by atoms with E-state index in [0.29, 0.717) is 0 Å². The van der Waals surface area contributed by atoms with Gasteiger partial charge >= 0.3 is 12.1 Å². The van der Waals surface area contributed by atoms with Gasteiger partial charge in [-0.3, -0.25) is 4.79 Å². The van der Waals surface area contributed by atoms with Crippen molar-refractivity contribution in [3.05, 3.63) is 35.9 Å². The predicted molar refractivity (Wildman–Crippen MR) is 73.5 cm³/mol. The molecule has 0 amide bonds. The highest BCUT2D eigenvalue weighted by atomic mass is 19.4. The van der Waals surface area contributed by atoms with E-state index in [2.05, 4.69) is 5.32 Å². The highest BCUT2D eigenvalue weighted by Gasteiger charge is 2.30. The van der Waals surface area contributed by atoms with Crippen LogP contribution in [-0.4, -0.2) is 24.7 Å². The van der Waals surface area contributed by atoms with Crippen LogP contribution < -0.4 is 5.32 Å². The van der Waals surface area contributed by atoms with Crippen LogP contribution in [-0.2, 0) is 16.1 Å². The largest absolute Gasteiger partial charge is 0.461 e. The van der Waals surface area contributed by atoms with E-state index in [-0.39, 0.29) is 13.2 Å². The number of nitrogens with one attached hydrogen (secondary N) is 1. The summed E-state index contributed by atoms with van der Waals surface area (Å²) in [7, 11) is 0. The van der Waals surface area contributed by atoms with Crippen LogP contribution in [0, 0.1) is 5.92 Å². The number of halogens is 3. The second kappa shape index (κ2) is 8.02. The first-order valence-corrected chi connectivity index (χ1v) is 6.78. The van der Waals surface area contributed by atoms with Gasteiger partial charge in [0, 0.05) is 12.6 Å². The molecule has 1 aromatic rings. The summed E-state index contributed by atoms with van der Waals surface area (Å²) in [4.78, 5) is 11.7. The lowest BCUT2D eigenvalue weighted by molar-refractivity contribution is -0.149. The second-order valence-corrected chi connectivity index (χ2v) is 5.12. The average Bonchev–Trinajstić information content (AvgIpc) is 2.41. The molecule has 0 saturated heterocycles. The fraction of sp³-hybridized carbons (Fsp3) is 0.533. The Labute approximate surface area is 122 Å². The molecule has 0 bridgehead atoms. The minimum atomic E-state index is -4.20. The summed E-state index contributed by atoms with van der Waals surface area (Å²) < 4.78 is 41.6. The molecule has 0 aliphatic carbocycles. The van der Waals surface area contributed by atoms with Gasteiger partial charge in [-0.15, -0.1) is 0 Å². The van der Waals surface area contributed by atoms with E-state index in [1.165, 1.54) is 6.92 Å². The van der Waals surface area contributed by atoms with Crippen LogP contribution in [0.3, 0.4) is 0 Å². The van der Waals surface area contributed by atoms with Crippen molar-refractivity contribution in [3.63, 3.8) is 0 Å². The molecule has 1 aromatic carbocycles. The third-order valence-corrected chi connectivity index (χ3v) is 2.94. The van der Waals surface area contributed by atoms with Gasteiger partial charge in [-0.2, -0.15) is 13.2 Å². The molecule has 0 aromatic heterocycles. The Kier molecular flexibility index (Phi) is 6.68. The SMILES string of the molecule is CC(CC(F)(F)F)NCC(C)C(=O)OCc1ccccc1. The number of hydrogen-bond acceptors (Lipinski definition) is 3. The molecule has 0 saturated carbocycles. The smallest absolute Gasteiger partial charge is 0.390 e. The number of benzene rings is 1. The maximum Gasteiger partial charge on any atom is 0.390 e. The molecule has 1 rings (SSSR count). The van der Waals surface area contributed by atoms with Crippen LogP contribution in [0.15, 0.2) is 30.3 Å². The molecule has 118 valence electrons. The summed E-state index contributed by atoms with van der Waals surface area (Å²) in [5, 5.41) is 2.70. The number of carbonyl (C=O) groups is 1. The standard InChI is InChI=1S/C15H20F3NO2/c1-11(9-19-12(2)8-15(16,17)18)14(20)21-10-13-6-4-3-5-7-13/h3-7,11-12,19H,8-10H2,1-2H3. The maximum absolute atomic E-state index is 12.2. The molecule has 3 nitrogen and oxygen atoms in total. The zero-order valence-corrected chi connectivity index (χ0v) is 12.1. The van der Waals surface area contributed by atoms with Crippen molar-refractivity contribution < 1.29 is 22.7 Å². The lowest BCUT2D eigenvalue weighted by Gasteiger charge is -2.18. The summed E-state index contributed by atoms with van der Waals surface area (Å²) >= 11 is 0. The van der Waals surface area contributed by atoms with Gasteiger partial charge in [-0.25, -0.2) is 0 Å². The molecule has 2 atom stereocenters. The lowest BCUT2D eigenvalue weighted by atomic mass is 10.1. The van der Waals surface area contributed by atoms with E-state index in [1.54, 1.807) is 6.92 Å². The van der Waals surface area contributed by atoms with Crippen molar-refractivity contribution in [3.8, 4) is 0 Å². The van der Waals surface area contributed by atoms with Crippen molar-refractivity contribution in [1.82, 2.24) is 5.32 Å². The molecule has 0 heterocycles. The Balaban J connectivity index is 2.28. The van der Waals surface area contributed by atoms with Crippen LogP contribution >= 0.6 is 0 Å². The van der Waals surface area contributed by atoms with Gasteiger partial charge in [0.05, 0.1) is 12.3 Å². The van der Waals surface area contributed by atoms with Crippen LogP contribution in [0.1, 0.15) is 25.8 Å². The number of carbonyl (C=O) groups excluding carboxylic acids is 1. The first kappa shape index (κ1) is 17.5. The van der Waals surface area contributed by atoms with E-state index >= 15 is 0 Å². The van der Waals surface area contributed by atoms with E-state index in [9.17, 15) is 18.0 Å². The number of ether oxygens (including phenoxy) is 1. The van der Waals surface area contributed by atoms with Gasteiger partial charge in [-0.1, -0.05) is 37.3 Å². The third-order valence-electron chi connectivity index (χ3n) is 2.94. The van der Waals surface area contributed by atoms with E-state index < -0.39 is 30.5 Å². The van der Waals surface area contributed by atoms with Crippen molar-refractivity contribution >= 4 is 5.97 Å². The monoisotopic (exact) mass is 303 g/mol. The lowest BCUT2D eigenvalue weighted by Crippen LogP contribution is -2.36. The Morgan fingerprint density at radius 2 is 1.86 bits per heavy atom. The number of rotatable bonds is 7. The fourth-order valence-corrected chi connectivity index (χ4v) is 1.75. The summed E-state index contributed by atoms with van der Waals surface area (Å²) in [6.45, 7) is 3.39. The second-order valence-electron chi connectivity index (χ2n) is 5.12. The number of esters is 1. The minimum Gasteiger partial charge on any atom is -0.461 e. The minimum absolute atomic E-state index is 0.158. The Morgan fingerprint density at radius 1 is 1.24 bits per heavy atom. The molecule has 0 radical (unpaired) electrons. The van der Waals surface area contributed by atoms with Gasteiger partial charge < -0.3 is 10.1 Å². The van der Waals surface area contributed by atoms with Crippen molar-refractivity contribution in [2.24, 2.45) is 5.92 Å². The number of alkyl halides is 3. The fourth-order valence-electron chi connectivity index (χ4n) is 1.75. The summed E-state index contributed by atoms with van der Waals surface area (Å²) in [6.07, 6.45) is -5.12. The molecular weight excluding hydrogens is 283 g/mol. The van der Waals surface area contributed by atoms with E-state index in [1.807, 2.05) is 30.3 Å². The molecule has 6 heteroatoms. The van der Waals surface area contributed by atoms with Gasteiger partial charge in [0.15, 0.2) is 0 Å².